The number of rotatable bonds is 2. The molecule has 3 nitrogen and oxygen atoms in total. The summed E-state index contributed by atoms with van der Waals surface area (Å²) < 4.78 is 0. The van der Waals surface area contributed by atoms with Crippen molar-refractivity contribution in [1.29, 1.82) is 0 Å². The summed E-state index contributed by atoms with van der Waals surface area (Å²) in [5.41, 5.74) is 6.57. The standard InChI is InChI=1S/C16H31N3/c1-18-10-5-6-14-12-19(11-7-15(14)18)16(13-17)8-3-2-4-9-16/h14-15H,2-13,17H2,1H3. The monoisotopic (exact) mass is 265 g/mol. The molecule has 2 aliphatic heterocycles. The quantitative estimate of drug-likeness (QED) is 0.829. The molecule has 1 aliphatic carbocycles. The first kappa shape index (κ1) is 13.8. The van der Waals surface area contributed by atoms with Crippen LogP contribution in [0.5, 0.6) is 0 Å². The summed E-state index contributed by atoms with van der Waals surface area (Å²) in [6, 6.07) is 0.850. The summed E-state index contributed by atoms with van der Waals surface area (Å²) in [7, 11) is 2.33. The van der Waals surface area contributed by atoms with E-state index in [4.69, 9.17) is 5.73 Å². The van der Waals surface area contributed by atoms with Crippen molar-refractivity contribution in [2.45, 2.75) is 62.9 Å². The van der Waals surface area contributed by atoms with Crippen LogP contribution in [-0.2, 0) is 0 Å². The fourth-order valence-electron chi connectivity index (χ4n) is 4.94. The molecule has 0 amide bonds. The molecule has 0 spiro atoms. The van der Waals surface area contributed by atoms with Gasteiger partial charge in [0.2, 0.25) is 0 Å². The van der Waals surface area contributed by atoms with Crippen LogP contribution >= 0.6 is 0 Å². The van der Waals surface area contributed by atoms with Crippen LogP contribution in [0.1, 0.15) is 51.4 Å². The lowest BCUT2D eigenvalue weighted by Crippen LogP contribution is -2.62. The highest BCUT2D eigenvalue weighted by Crippen LogP contribution is 2.38. The van der Waals surface area contributed by atoms with Gasteiger partial charge in [0.25, 0.3) is 0 Å². The number of nitrogens with zero attached hydrogens (tertiary/aromatic N) is 2. The first-order valence-corrected chi connectivity index (χ1v) is 8.40. The molecule has 2 unspecified atom stereocenters. The largest absolute Gasteiger partial charge is 0.329 e. The van der Waals surface area contributed by atoms with E-state index in [9.17, 15) is 0 Å². The molecule has 0 bridgehead atoms. The highest BCUT2D eigenvalue weighted by Gasteiger charge is 2.42. The van der Waals surface area contributed by atoms with E-state index in [0.29, 0.717) is 5.54 Å². The lowest BCUT2D eigenvalue weighted by Gasteiger charge is -2.53. The molecule has 0 aromatic rings. The predicted octanol–water partition coefficient (Wildman–Crippen LogP) is 2.06. The smallest absolute Gasteiger partial charge is 0.0331 e. The molecule has 2 atom stereocenters. The van der Waals surface area contributed by atoms with Crippen molar-refractivity contribution in [2.24, 2.45) is 11.7 Å². The Morgan fingerprint density at radius 1 is 1.05 bits per heavy atom. The van der Waals surface area contributed by atoms with Crippen LogP contribution in [0, 0.1) is 5.92 Å². The average Bonchev–Trinajstić information content (AvgIpc) is 2.48. The molecule has 1 saturated carbocycles. The van der Waals surface area contributed by atoms with Crippen LogP contribution in [0.2, 0.25) is 0 Å². The number of hydrogen-bond acceptors (Lipinski definition) is 3. The number of piperidine rings is 2. The molecule has 0 aromatic carbocycles. The Balaban J connectivity index is 1.69. The summed E-state index contributed by atoms with van der Waals surface area (Å²) in [6.45, 7) is 4.78. The first-order chi connectivity index (χ1) is 9.25. The summed E-state index contributed by atoms with van der Waals surface area (Å²) in [5.74, 6) is 0.901. The van der Waals surface area contributed by atoms with Gasteiger partial charge in [-0.05, 0) is 51.6 Å². The van der Waals surface area contributed by atoms with Crippen molar-refractivity contribution in [3.63, 3.8) is 0 Å². The molecule has 2 saturated heterocycles. The van der Waals surface area contributed by atoms with Gasteiger partial charge in [-0.25, -0.2) is 0 Å². The van der Waals surface area contributed by atoms with E-state index in [1.807, 2.05) is 0 Å². The van der Waals surface area contributed by atoms with Crippen molar-refractivity contribution < 1.29 is 0 Å². The van der Waals surface area contributed by atoms with Crippen molar-refractivity contribution in [1.82, 2.24) is 9.80 Å². The third kappa shape index (κ3) is 2.57. The van der Waals surface area contributed by atoms with E-state index in [0.717, 1.165) is 18.5 Å². The summed E-state index contributed by atoms with van der Waals surface area (Å²) in [6.07, 6.45) is 11.1. The van der Waals surface area contributed by atoms with Gasteiger partial charge in [0, 0.05) is 31.2 Å². The van der Waals surface area contributed by atoms with Crippen LogP contribution in [-0.4, -0.2) is 54.6 Å². The van der Waals surface area contributed by atoms with E-state index in [1.54, 1.807) is 0 Å². The van der Waals surface area contributed by atoms with Crippen molar-refractivity contribution in [3.05, 3.63) is 0 Å². The van der Waals surface area contributed by atoms with Crippen LogP contribution < -0.4 is 5.73 Å². The third-order valence-electron chi connectivity index (χ3n) is 6.18. The molecule has 110 valence electrons. The van der Waals surface area contributed by atoms with Gasteiger partial charge >= 0.3 is 0 Å². The molecule has 3 aliphatic rings. The lowest BCUT2D eigenvalue weighted by atomic mass is 9.76. The maximum atomic E-state index is 6.21. The van der Waals surface area contributed by atoms with Crippen LogP contribution in [0.3, 0.4) is 0 Å². The maximum absolute atomic E-state index is 6.21. The maximum Gasteiger partial charge on any atom is 0.0331 e. The second kappa shape index (κ2) is 5.71. The minimum absolute atomic E-state index is 0.360. The molecule has 3 heteroatoms. The van der Waals surface area contributed by atoms with E-state index < -0.39 is 0 Å². The van der Waals surface area contributed by atoms with E-state index in [1.165, 1.54) is 71.0 Å². The van der Waals surface area contributed by atoms with Crippen molar-refractivity contribution >= 4 is 0 Å². The molecule has 2 heterocycles. The van der Waals surface area contributed by atoms with Crippen molar-refractivity contribution in [2.75, 3.05) is 33.2 Å². The molecule has 3 rings (SSSR count). The molecule has 0 aromatic heterocycles. The highest BCUT2D eigenvalue weighted by atomic mass is 15.3. The fraction of sp³-hybridized carbons (Fsp3) is 1.00. The van der Waals surface area contributed by atoms with Gasteiger partial charge in [-0.15, -0.1) is 0 Å². The molecule has 2 N–H and O–H groups in total. The normalized spacial score (nSPS) is 36.9. The molecule has 0 radical (unpaired) electrons. The van der Waals surface area contributed by atoms with Crippen LogP contribution in [0.4, 0.5) is 0 Å². The molecule has 3 fully saturated rings. The molecular weight excluding hydrogens is 234 g/mol. The minimum Gasteiger partial charge on any atom is -0.329 e. The number of nitrogens with two attached hydrogens (primary N) is 1. The summed E-state index contributed by atoms with van der Waals surface area (Å²) in [4.78, 5) is 5.41. The zero-order chi connectivity index (χ0) is 13.3. The molecular formula is C16H31N3. The Morgan fingerprint density at radius 2 is 1.84 bits per heavy atom. The topological polar surface area (TPSA) is 32.5 Å². The van der Waals surface area contributed by atoms with E-state index >= 15 is 0 Å². The van der Waals surface area contributed by atoms with Gasteiger partial charge in [0.15, 0.2) is 0 Å². The average molecular weight is 265 g/mol. The van der Waals surface area contributed by atoms with Gasteiger partial charge in [-0.2, -0.15) is 0 Å². The fourth-order valence-corrected chi connectivity index (χ4v) is 4.94. The lowest BCUT2D eigenvalue weighted by molar-refractivity contribution is -0.0281. The van der Waals surface area contributed by atoms with Gasteiger partial charge in [-0.3, -0.25) is 4.90 Å². The Labute approximate surface area is 118 Å². The SMILES string of the molecule is CN1CCCC2CN(C3(CN)CCCCC3)CCC21. The summed E-state index contributed by atoms with van der Waals surface area (Å²) in [5, 5.41) is 0. The van der Waals surface area contributed by atoms with Gasteiger partial charge < -0.3 is 10.6 Å². The van der Waals surface area contributed by atoms with Crippen LogP contribution in [0.15, 0.2) is 0 Å². The van der Waals surface area contributed by atoms with E-state index in [-0.39, 0.29) is 0 Å². The Hall–Kier alpha value is -0.120. The molecule has 19 heavy (non-hydrogen) atoms. The Morgan fingerprint density at radius 3 is 2.58 bits per heavy atom. The number of likely N-dealkylation sites (tertiary alicyclic amines) is 2. The first-order valence-electron chi connectivity index (χ1n) is 8.40. The van der Waals surface area contributed by atoms with Crippen molar-refractivity contribution in [3.8, 4) is 0 Å². The number of fused-ring (bicyclic) bond motifs is 1. The second-order valence-corrected chi connectivity index (χ2v) is 7.17. The highest BCUT2D eigenvalue weighted by molar-refractivity contribution is 4.99. The summed E-state index contributed by atoms with van der Waals surface area (Å²) >= 11 is 0. The second-order valence-electron chi connectivity index (χ2n) is 7.17. The van der Waals surface area contributed by atoms with E-state index in [2.05, 4.69) is 16.8 Å². The van der Waals surface area contributed by atoms with Gasteiger partial charge in [0.05, 0.1) is 0 Å². The minimum atomic E-state index is 0.360. The zero-order valence-electron chi connectivity index (χ0n) is 12.6. The predicted molar refractivity (Wildman–Crippen MR) is 80.2 cm³/mol. The van der Waals surface area contributed by atoms with Crippen LogP contribution in [0.25, 0.3) is 0 Å². The van der Waals surface area contributed by atoms with Gasteiger partial charge in [0.1, 0.15) is 0 Å². The Bertz CT molecular complexity index is 298. The zero-order valence-corrected chi connectivity index (χ0v) is 12.6. The third-order valence-corrected chi connectivity index (χ3v) is 6.18. The Kier molecular flexibility index (Phi) is 4.16. The number of hydrogen-bond donors (Lipinski definition) is 1. The van der Waals surface area contributed by atoms with Gasteiger partial charge in [-0.1, -0.05) is 19.3 Å².